The number of hydrogen-bond acceptors (Lipinski definition) is 4. The number of carbonyl (C=O) groups is 1. The van der Waals surface area contributed by atoms with E-state index >= 15 is 0 Å². The van der Waals surface area contributed by atoms with Gasteiger partial charge in [-0.2, -0.15) is 0 Å². The molecule has 0 saturated carbocycles. The summed E-state index contributed by atoms with van der Waals surface area (Å²) in [6.07, 6.45) is 0. The largest absolute Gasteiger partial charge is 0.494 e. The second-order valence-electron chi connectivity index (χ2n) is 5.73. The zero-order valence-electron chi connectivity index (χ0n) is 14.6. The number of likely N-dealkylation sites (N-methyl/N-ethyl adjacent to an activating group) is 2. The molecule has 0 atom stereocenters. The molecule has 25 heavy (non-hydrogen) atoms. The smallest absolute Gasteiger partial charge is 0.236 e. The number of ether oxygens (including phenoxy) is 1. The first-order valence-corrected chi connectivity index (χ1v) is 9.15. The second-order valence-corrected chi connectivity index (χ2v) is 7.53. The molecule has 1 heterocycles. The Balaban J connectivity index is 1.93. The highest BCUT2D eigenvalue weighted by Gasteiger charge is 2.15. The van der Waals surface area contributed by atoms with Gasteiger partial charge in [0.25, 0.3) is 0 Å². The average Bonchev–Trinajstić information content (AvgIpc) is 2.99. The van der Waals surface area contributed by atoms with E-state index in [4.69, 9.17) is 16.3 Å². The highest BCUT2D eigenvalue weighted by molar-refractivity contribution is 7.16. The Morgan fingerprint density at radius 1 is 1.28 bits per heavy atom. The molecule has 0 radical (unpaired) electrons. The molecule has 4 nitrogen and oxygen atoms in total. The lowest BCUT2D eigenvalue weighted by Crippen LogP contribution is -2.37. The van der Waals surface area contributed by atoms with Gasteiger partial charge in [0.2, 0.25) is 5.91 Å². The molecule has 1 aromatic carbocycles. The maximum atomic E-state index is 13.8. The minimum absolute atomic E-state index is 0.0132. The van der Waals surface area contributed by atoms with Crippen molar-refractivity contribution in [2.45, 2.75) is 20.0 Å². The molecule has 0 aliphatic carbocycles. The average molecular weight is 385 g/mol. The summed E-state index contributed by atoms with van der Waals surface area (Å²) < 4.78 is 19.4. The molecule has 0 aliphatic heterocycles. The molecule has 0 N–H and O–H groups in total. The molecule has 1 aromatic heterocycles. The lowest BCUT2D eigenvalue weighted by atomic mass is 10.2. The first kappa shape index (κ1) is 19.7. The molecule has 0 aliphatic rings. The summed E-state index contributed by atoms with van der Waals surface area (Å²) in [7, 11) is 3.15. The third-order valence-corrected chi connectivity index (χ3v) is 5.09. The SMILES string of the molecule is CCN(CC(=O)N(C)Cc1ccc(OC)c(F)c1)Cc1ccc(Cl)s1. The maximum absolute atomic E-state index is 13.8. The zero-order chi connectivity index (χ0) is 18.4. The molecule has 136 valence electrons. The maximum Gasteiger partial charge on any atom is 0.236 e. The van der Waals surface area contributed by atoms with Crippen LogP contribution in [0.1, 0.15) is 17.4 Å². The molecule has 0 unspecified atom stereocenters. The van der Waals surface area contributed by atoms with Crippen molar-refractivity contribution in [1.82, 2.24) is 9.80 Å². The molecule has 0 fully saturated rings. The van der Waals surface area contributed by atoms with Crippen LogP contribution in [-0.4, -0.2) is 43.0 Å². The van der Waals surface area contributed by atoms with Gasteiger partial charge in [0, 0.05) is 25.0 Å². The van der Waals surface area contributed by atoms with Crippen LogP contribution in [0.3, 0.4) is 0 Å². The summed E-state index contributed by atoms with van der Waals surface area (Å²) in [5.74, 6) is -0.240. The Hall–Kier alpha value is -1.63. The molecule has 2 rings (SSSR count). The summed E-state index contributed by atoms with van der Waals surface area (Å²) in [4.78, 5) is 17.2. The number of carbonyl (C=O) groups excluding carboxylic acids is 1. The minimum atomic E-state index is -0.425. The molecule has 0 bridgehead atoms. The fraction of sp³-hybridized carbons (Fsp3) is 0.389. The summed E-state index contributed by atoms with van der Waals surface area (Å²) in [6.45, 7) is 4.11. The first-order valence-electron chi connectivity index (χ1n) is 7.95. The van der Waals surface area contributed by atoms with Crippen molar-refractivity contribution in [2.75, 3.05) is 27.2 Å². The van der Waals surface area contributed by atoms with Gasteiger partial charge in [-0.3, -0.25) is 9.69 Å². The minimum Gasteiger partial charge on any atom is -0.494 e. The van der Waals surface area contributed by atoms with E-state index in [1.807, 2.05) is 19.1 Å². The van der Waals surface area contributed by atoms with E-state index in [1.54, 1.807) is 24.1 Å². The van der Waals surface area contributed by atoms with E-state index < -0.39 is 5.82 Å². The topological polar surface area (TPSA) is 32.8 Å². The van der Waals surface area contributed by atoms with Crippen LogP contribution in [0.15, 0.2) is 30.3 Å². The van der Waals surface area contributed by atoms with Gasteiger partial charge in [-0.1, -0.05) is 24.6 Å². The van der Waals surface area contributed by atoms with Crippen molar-refractivity contribution in [1.29, 1.82) is 0 Å². The van der Waals surface area contributed by atoms with E-state index in [-0.39, 0.29) is 11.7 Å². The Bertz CT molecular complexity index is 723. The van der Waals surface area contributed by atoms with Crippen molar-refractivity contribution in [3.8, 4) is 5.75 Å². The molecule has 2 aromatic rings. The molecule has 7 heteroatoms. The summed E-state index contributed by atoms with van der Waals surface area (Å²) in [5, 5.41) is 0. The van der Waals surface area contributed by atoms with E-state index in [2.05, 4.69) is 4.90 Å². The van der Waals surface area contributed by atoms with Crippen LogP contribution < -0.4 is 4.74 Å². The van der Waals surface area contributed by atoms with Crippen LogP contribution in [-0.2, 0) is 17.9 Å². The van der Waals surface area contributed by atoms with Gasteiger partial charge in [0.05, 0.1) is 18.0 Å². The number of hydrogen-bond donors (Lipinski definition) is 0. The highest BCUT2D eigenvalue weighted by Crippen LogP contribution is 2.23. The Morgan fingerprint density at radius 3 is 2.60 bits per heavy atom. The van der Waals surface area contributed by atoms with Crippen molar-refractivity contribution in [3.05, 3.63) is 50.9 Å². The van der Waals surface area contributed by atoms with Gasteiger partial charge in [0.15, 0.2) is 11.6 Å². The summed E-state index contributed by atoms with van der Waals surface area (Å²) in [5.41, 5.74) is 0.724. The third-order valence-electron chi connectivity index (χ3n) is 3.88. The van der Waals surface area contributed by atoms with Crippen molar-refractivity contribution < 1.29 is 13.9 Å². The zero-order valence-corrected chi connectivity index (χ0v) is 16.2. The third kappa shape index (κ3) is 5.70. The predicted molar refractivity (Wildman–Crippen MR) is 99.7 cm³/mol. The normalized spacial score (nSPS) is 11.0. The van der Waals surface area contributed by atoms with Crippen LogP contribution in [0.4, 0.5) is 4.39 Å². The fourth-order valence-corrected chi connectivity index (χ4v) is 3.55. The van der Waals surface area contributed by atoms with Crippen LogP contribution >= 0.6 is 22.9 Å². The van der Waals surface area contributed by atoms with Gasteiger partial charge in [-0.25, -0.2) is 4.39 Å². The van der Waals surface area contributed by atoms with E-state index in [0.29, 0.717) is 19.6 Å². The molecular weight excluding hydrogens is 363 g/mol. The molecule has 1 amide bonds. The molecule has 0 spiro atoms. The van der Waals surface area contributed by atoms with Gasteiger partial charge >= 0.3 is 0 Å². The van der Waals surface area contributed by atoms with Crippen LogP contribution in [0.25, 0.3) is 0 Å². The standard InChI is InChI=1S/C18H22ClFN2O2S/c1-4-22(11-14-6-8-17(19)25-14)12-18(23)21(2)10-13-5-7-16(24-3)15(20)9-13/h5-9H,4,10-12H2,1-3H3. The number of benzene rings is 1. The molecular formula is C18H22ClFN2O2S. The van der Waals surface area contributed by atoms with Crippen LogP contribution in [0, 0.1) is 5.82 Å². The van der Waals surface area contributed by atoms with Gasteiger partial charge in [-0.15, -0.1) is 11.3 Å². The van der Waals surface area contributed by atoms with Crippen molar-refractivity contribution in [2.24, 2.45) is 0 Å². The highest BCUT2D eigenvalue weighted by atomic mass is 35.5. The van der Waals surface area contributed by atoms with E-state index in [9.17, 15) is 9.18 Å². The van der Waals surface area contributed by atoms with Gasteiger partial charge in [-0.05, 0) is 36.4 Å². The Morgan fingerprint density at radius 2 is 2.04 bits per heavy atom. The predicted octanol–water partition coefficient (Wildman–Crippen LogP) is 4.03. The van der Waals surface area contributed by atoms with Crippen LogP contribution in [0.2, 0.25) is 4.34 Å². The summed E-state index contributed by atoms with van der Waals surface area (Å²) >= 11 is 7.47. The second kappa shape index (κ2) is 9.17. The Labute approximate surface area is 156 Å². The lowest BCUT2D eigenvalue weighted by molar-refractivity contribution is -0.131. The van der Waals surface area contributed by atoms with Gasteiger partial charge < -0.3 is 9.64 Å². The number of nitrogens with zero attached hydrogens (tertiary/aromatic N) is 2. The fourth-order valence-electron chi connectivity index (χ4n) is 2.42. The molecule has 0 saturated heterocycles. The van der Waals surface area contributed by atoms with Crippen molar-refractivity contribution in [3.63, 3.8) is 0 Å². The van der Waals surface area contributed by atoms with Crippen LogP contribution in [0.5, 0.6) is 5.75 Å². The Kier molecular flexibility index (Phi) is 7.23. The monoisotopic (exact) mass is 384 g/mol. The van der Waals surface area contributed by atoms with E-state index in [0.717, 1.165) is 21.3 Å². The summed E-state index contributed by atoms with van der Waals surface area (Å²) in [6, 6.07) is 8.57. The number of methoxy groups -OCH3 is 1. The quantitative estimate of drug-likeness (QED) is 0.688. The number of amides is 1. The number of thiophene rings is 1. The number of rotatable bonds is 8. The number of halogens is 2. The first-order chi connectivity index (χ1) is 11.9. The lowest BCUT2D eigenvalue weighted by Gasteiger charge is -2.23. The van der Waals surface area contributed by atoms with Gasteiger partial charge in [0.1, 0.15) is 0 Å². The van der Waals surface area contributed by atoms with E-state index in [1.165, 1.54) is 24.5 Å². The van der Waals surface area contributed by atoms with Crippen molar-refractivity contribution >= 4 is 28.8 Å².